The summed E-state index contributed by atoms with van der Waals surface area (Å²) in [4.78, 5) is 24.7. The Morgan fingerprint density at radius 2 is 1.37 bits per heavy atom. The van der Waals surface area contributed by atoms with E-state index >= 15 is 0 Å². The van der Waals surface area contributed by atoms with Gasteiger partial charge in [0.25, 0.3) is 11.8 Å². The van der Waals surface area contributed by atoms with Crippen LogP contribution in [0.15, 0.2) is 72.8 Å². The molecular weight excluding hydrogens is 360 g/mol. The highest BCUT2D eigenvalue weighted by Crippen LogP contribution is 2.18. The predicted molar refractivity (Wildman–Crippen MR) is 110 cm³/mol. The molecule has 2 N–H and O–H groups in total. The lowest BCUT2D eigenvalue weighted by Crippen LogP contribution is -2.14. The molecule has 3 aromatic rings. The molecule has 2 amide bonds. The highest BCUT2D eigenvalue weighted by atomic mass is 35.5. The summed E-state index contributed by atoms with van der Waals surface area (Å²) in [6.07, 6.45) is 0.927. The fourth-order valence-corrected chi connectivity index (χ4v) is 2.79. The van der Waals surface area contributed by atoms with E-state index in [2.05, 4.69) is 17.6 Å². The zero-order valence-electron chi connectivity index (χ0n) is 14.8. The molecule has 0 aliphatic rings. The van der Waals surface area contributed by atoms with Crippen molar-refractivity contribution in [2.24, 2.45) is 0 Å². The first-order valence-electron chi connectivity index (χ1n) is 8.62. The molecule has 136 valence electrons. The van der Waals surface area contributed by atoms with Crippen LogP contribution in [0.1, 0.15) is 33.2 Å². The van der Waals surface area contributed by atoms with Crippen molar-refractivity contribution in [3.63, 3.8) is 0 Å². The van der Waals surface area contributed by atoms with Crippen molar-refractivity contribution >= 4 is 34.8 Å². The van der Waals surface area contributed by atoms with Crippen LogP contribution in [0.25, 0.3) is 0 Å². The molecule has 5 heteroatoms. The lowest BCUT2D eigenvalue weighted by Gasteiger charge is -2.09. The molecule has 4 nitrogen and oxygen atoms in total. The van der Waals surface area contributed by atoms with Gasteiger partial charge in [0.15, 0.2) is 0 Å². The zero-order valence-corrected chi connectivity index (χ0v) is 15.6. The van der Waals surface area contributed by atoms with E-state index in [0.29, 0.717) is 27.5 Å². The van der Waals surface area contributed by atoms with Crippen molar-refractivity contribution < 1.29 is 9.59 Å². The number of carbonyl (C=O) groups is 2. The van der Waals surface area contributed by atoms with Gasteiger partial charge in [0.2, 0.25) is 0 Å². The lowest BCUT2D eigenvalue weighted by atomic mass is 10.1. The molecule has 0 bridgehead atoms. The average molecular weight is 379 g/mol. The van der Waals surface area contributed by atoms with Crippen molar-refractivity contribution in [1.29, 1.82) is 0 Å². The number of aryl methyl sites for hydroxylation is 1. The van der Waals surface area contributed by atoms with E-state index in [9.17, 15) is 9.59 Å². The first-order chi connectivity index (χ1) is 13.0. The molecular formula is C22H19ClN2O2. The van der Waals surface area contributed by atoms with E-state index in [1.807, 2.05) is 12.1 Å². The molecule has 0 aromatic heterocycles. The maximum absolute atomic E-state index is 12.4. The number of amides is 2. The lowest BCUT2D eigenvalue weighted by molar-refractivity contribution is 0.101. The Hall–Kier alpha value is -3.11. The monoisotopic (exact) mass is 378 g/mol. The standard InChI is InChI=1S/C22H19ClN2O2/c1-2-15-9-11-16(12-10-15)21(26)24-19-7-4-8-20(14-19)25-22(27)17-5-3-6-18(23)13-17/h3-14H,2H2,1H3,(H,24,26)(H,25,27). The number of anilines is 2. The van der Waals surface area contributed by atoms with Gasteiger partial charge in [-0.3, -0.25) is 9.59 Å². The molecule has 0 unspecified atom stereocenters. The van der Waals surface area contributed by atoms with Gasteiger partial charge in [-0.25, -0.2) is 0 Å². The number of halogens is 1. The largest absolute Gasteiger partial charge is 0.322 e. The number of carbonyl (C=O) groups excluding carboxylic acids is 2. The second-order valence-electron chi connectivity index (χ2n) is 6.05. The van der Waals surface area contributed by atoms with Gasteiger partial charge in [-0.05, 0) is 60.5 Å². The summed E-state index contributed by atoms with van der Waals surface area (Å²) >= 11 is 5.92. The normalized spacial score (nSPS) is 10.3. The number of nitrogens with one attached hydrogen (secondary N) is 2. The number of rotatable bonds is 5. The van der Waals surface area contributed by atoms with Crippen LogP contribution < -0.4 is 10.6 Å². The smallest absolute Gasteiger partial charge is 0.255 e. The molecule has 0 aliphatic heterocycles. The molecule has 0 saturated carbocycles. The molecule has 0 spiro atoms. The van der Waals surface area contributed by atoms with Crippen LogP contribution in [0.4, 0.5) is 11.4 Å². The third-order valence-corrected chi connectivity index (χ3v) is 4.32. The summed E-state index contributed by atoms with van der Waals surface area (Å²) in [7, 11) is 0. The van der Waals surface area contributed by atoms with Crippen molar-refractivity contribution in [3.8, 4) is 0 Å². The van der Waals surface area contributed by atoms with Crippen LogP contribution in [0.2, 0.25) is 5.02 Å². The Morgan fingerprint density at radius 3 is 1.96 bits per heavy atom. The molecule has 3 rings (SSSR count). The second-order valence-corrected chi connectivity index (χ2v) is 6.49. The first kappa shape index (κ1) is 18.7. The second kappa shape index (κ2) is 8.52. The van der Waals surface area contributed by atoms with E-state index in [-0.39, 0.29) is 11.8 Å². The van der Waals surface area contributed by atoms with E-state index in [1.54, 1.807) is 60.7 Å². The number of hydrogen-bond acceptors (Lipinski definition) is 2. The molecule has 0 heterocycles. The molecule has 27 heavy (non-hydrogen) atoms. The summed E-state index contributed by atoms with van der Waals surface area (Å²) < 4.78 is 0. The number of hydrogen-bond donors (Lipinski definition) is 2. The Balaban J connectivity index is 1.69. The topological polar surface area (TPSA) is 58.2 Å². The van der Waals surface area contributed by atoms with Gasteiger partial charge in [0.1, 0.15) is 0 Å². The van der Waals surface area contributed by atoms with E-state index in [1.165, 1.54) is 5.56 Å². The maximum atomic E-state index is 12.4. The van der Waals surface area contributed by atoms with Crippen molar-refractivity contribution in [3.05, 3.63) is 94.5 Å². The summed E-state index contributed by atoms with van der Waals surface area (Å²) in [6, 6.07) is 21.2. The van der Waals surface area contributed by atoms with E-state index in [4.69, 9.17) is 11.6 Å². The Bertz CT molecular complexity index is 968. The SMILES string of the molecule is CCc1ccc(C(=O)Nc2cccc(NC(=O)c3cccc(Cl)c3)c2)cc1. The van der Waals surface area contributed by atoms with Crippen molar-refractivity contribution in [1.82, 2.24) is 0 Å². The van der Waals surface area contributed by atoms with Crippen molar-refractivity contribution in [2.75, 3.05) is 10.6 Å². The average Bonchev–Trinajstić information content (AvgIpc) is 2.68. The van der Waals surface area contributed by atoms with Crippen LogP contribution >= 0.6 is 11.6 Å². The van der Waals surface area contributed by atoms with Gasteiger partial charge < -0.3 is 10.6 Å². The summed E-state index contributed by atoms with van der Waals surface area (Å²) in [5.74, 6) is -0.466. The summed E-state index contributed by atoms with van der Waals surface area (Å²) in [5.41, 5.74) is 3.41. The van der Waals surface area contributed by atoms with Gasteiger partial charge in [-0.15, -0.1) is 0 Å². The van der Waals surface area contributed by atoms with Gasteiger partial charge in [-0.1, -0.05) is 42.8 Å². The van der Waals surface area contributed by atoms with Gasteiger partial charge in [-0.2, -0.15) is 0 Å². The Labute approximate surface area is 163 Å². The van der Waals surface area contributed by atoms with Gasteiger partial charge >= 0.3 is 0 Å². The van der Waals surface area contributed by atoms with Crippen LogP contribution in [0, 0.1) is 0 Å². The minimum atomic E-state index is -0.267. The molecule has 0 aliphatic carbocycles. The van der Waals surface area contributed by atoms with Crippen LogP contribution in [0.5, 0.6) is 0 Å². The maximum Gasteiger partial charge on any atom is 0.255 e. The third kappa shape index (κ3) is 4.96. The molecule has 0 atom stereocenters. The first-order valence-corrected chi connectivity index (χ1v) is 9.00. The molecule has 0 radical (unpaired) electrons. The molecule has 0 fully saturated rings. The summed E-state index contributed by atoms with van der Waals surface area (Å²) in [5, 5.41) is 6.15. The highest BCUT2D eigenvalue weighted by Gasteiger charge is 2.09. The van der Waals surface area contributed by atoms with Crippen LogP contribution in [-0.2, 0) is 6.42 Å². The highest BCUT2D eigenvalue weighted by molar-refractivity contribution is 6.31. The van der Waals surface area contributed by atoms with Gasteiger partial charge in [0.05, 0.1) is 0 Å². The fraction of sp³-hybridized carbons (Fsp3) is 0.0909. The van der Waals surface area contributed by atoms with E-state index in [0.717, 1.165) is 6.42 Å². The van der Waals surface area contributed by atoms with Crippen LogP contribution in [-0.4, -0.2) is 11.8 Å². The predicted octanol–water partition coefficient (Wildman–Crippen LogP) is 5.41. The molecule has 3 aromatic carbocycles. The molecule has 0 saturated heterocycles. The minimum absolute atomic E-state index is 0.198. The minimum Gasteiger partial charge on any atom is -0.322 e. The Morgan fingerprint density at radius 1 is 0.778 bits per heavy atom. The van der Waals surface area contributed by atoms with Crippen molar-refractivity contribution in [2.45, 2.75) is 13.3 Å². The van der Waals surface area contributed by atoms with Gasteiger partial charge in [0, 0.05) is 27.5 Å². The third-order valence-electron chi connectivity index (χ3n) is 4.09. The quantitative estimate of drug-likeness (QED) is 0.623. The Kier molecular flexibility index (Phi) is 5.89. The fourth-order valence-electron chi connectivity index (χ4n) is 2.60. The number of benzene rings is 3. The van der Waals surface area contributed by atoms with Crippen LogP contribution in [0.3, 0.4) is 0 Å². The van der Waals surface area contributed by atoms with E-state index < -0.39 is 0 Å². The summed E-state index contributed by atoms with van der Waals surface area (Å²) in [6.45, 7) is 2.07. The zero-order chi connectivity index (χ0) is 19.2.